The van der Waals surface area contributed by atoms with Gasteiger partial charge in [-0.3, -0.25) is 0 Å². The number of fused-ring (bicyclic) bond motifs is 1. The van der Waals surface area contributed by atoms with E-state index in [0.717, 1.165) is 18.5 Å². The lowest BCUT2D eigenvalue weighted by Gasteiger charge is -2.24. The smallest absolute Gasteiger partial charge is 0.0991 e. The molecule has 0 saturated heterocycles. The second kappa shape index (κ2) is 4.33. The zero-order chi connectivity index (χ0) is 11.7. The highest BCUT2D eigenvalue weighted by Crippen LogP contribution is 2.31. The minimum absolute atomic E-state index is 0.290. The summed E-state index contributed by atoms with van der Waals surface area (Å²) < 4.78 is 0. The number of nitrogens with zero attached hydrogens (tertiary/aromatic N) is 1. The standard InChI is InChI=1S/C14H12N2S/c15-9-10-1-3-11(4-2-10)14-12-6-8-17-13(12)5-7-16-14/h1-4,6,8,14,16H,5,7H2. The first-order valence-electron chi connectivity index (χ1n) is 5.68. The lowest BCUT2D eigenvalue weighted by atomic mass is 9.95. The predicted molar refractivity (Wildman–Crippen MR) is 69.0 cm³/mol. The minimum atomic E-state index is 0.290. The van der Waals surface area contributed by atoms with Gasteiger partial charge in [-0.1, -0.05) is 12.1 Å². The number of hydrogen-bond donors (Lipinski definition) is 1. The Kier molecular flexibility index (Phi) is 2.68. The van der Waals surface area contributed by atoms with Crippen LogP contribution >= 0.6 is 11.3 Å². The van der Waals surface area contributed by atoms with Crippen LogP contribution in [-0.2, 0) is 6.42 Å². The maximum absolute atomic E-state index is 8.80. The summed E-state index contributed by atoms with van der Waals surface area (Å²) in [6.45, 7) is 1.03. The van der Waals surface area contributed by atoms with Crippen molar-refractivity contribution in [3.63, 3.8) is 0 Å². The third kappa shape index (κ3) is 1.86. The molecular weight excluding hydrogens is 228 g/mol. The molecule has 3 rings (SSSR count). The Labute approximate surface area is 105 Å². The largest absolute Gasteiger partial charge is 0.306 e. The van der Waals surface area contributed by atoms with Crippen LogP contribution in [0.5, 0.6) is 0 Å². The number of hydrogen-bond acceptors (Lipinski definition) is 3. The second-order valence-electron chi connectivity index (χ2n) is 4.17. The van der Waals surface area contributed by atoms with E-state index in [1.54, 1.807) is 0 Å². The fourth-order valence-corrected chi connectivity index (χ4v) is 3.22. The van der Waals surface area contributed by atoms with E-state index >= 15 is 0 Å². The molecule has 3 heteroatoms. The fraction of sp³-hybridized carbons (Fsp3) is 0.214. The molecule has 1 unspecified atom stereocenters. The van der Waals surface area contributed by atoms with Crippen molar-refractivity contribution in [3.8, 4) is 6.07 Å². The highest BCUT2D eigenvalue weighted by Gasteiger charge is 2.21. The van der Waals surface area contributed by atoms with Crippen LogP contribution in [0.1, 0.15) is 27.6 Å². The van der Waals surface area contributed by atoms with Crippen LogP contribution in [0.15, 0.2) is 35.7 Å². The average Bonchev–Trinajstić information content (AvgIpc) is 2.87. The summed E-state index contributed by atoms with van der Waals surface area (Å²) in [6, 6.07) is 12.5. The Morgan fingerprint density at radius 1 is 1.24 bits per heavy atom. The van der Waals surface area contributed by atoms with Crippen LogP contribution < -0.4 is 5.32 Å². The van der Waals surface area contributed by atoms with E-state index in [1.807, 2.05) is 35.6 Å². The molecule has 0 aliphatic carbocycles. The van der Waals surface area contributed by atoms with Crippen molar-refractivity contribution in [1.82, 2.24) is 5.32 Å². The molecule has 0 spiro atoms. The van der Waals surface area contributed by atoms with Gasteiger partial charge in [-0.15, -0.1) is 11.3 Å². The van der Waals surface area contributed by atoms with Crippen molar-refractivity contribution in [2.45, 2.75) is 12.5 Å². The minimum Gasteiger partial charge on any atom is -0.306 e. The third-order valence-electron chi connectivity index (χ3n) is 3.16. The zero-order valence-electron chi connectivity index (χ0n) is 9.31. The maximum Gasteiger partial charge on any atom is 0.0991 e. The normalized spacial score (nSPS) is 18.4. The molecule has 1 N–H and O–H groups in total. The number of nitrogens with one attached hydrogen (secondary N) is 1. The van der Waals surface area contributed by atoms with Crippen molar-refractivity contribution >= 4 is 11.3 Å². The monoisotopic (exact) mass is 240 g/mol. The number of benzene rings is 1. The molecule has 0 saturated carbocycles. The third-order valence-corrected chi connectivity index (χ3v) is 4.16. The van der Waals surface area contributed by atoms with E-state index in [2.05, 4.69) is 22.8 Å². The summed E-state index contributed by atoms with van der Waals surface area (Å²) in [5, 5.41) is 14.5. The van der Waals surface area contributed by atoms with Crippen LogP contribution in [-0.4, -0.2) is 6.54 Å². The van der Waals surface area contributed by atoms with Crippen molar-refractivity contribution in [3.05, 3.63) is 57.3 Å². The van der Waals surface area contributed by atoms with Gasteiger partial charge in [0.05, 0.1) is 17.7 Å². The molecule has 1 aliphatic rings. The molecule has 1 aromatic carbocycles. The van der Waals surface area contributed by atoms with E-state index in [0.29, 0.717) is 0 Å². The molecule has 0 amide bonds. The van der Waals surface area contributed by atoms with Crippen molar-refractivity contribution in [2.24, 2.45) is 0 Å². The first-order valence-corrected chi connectivity index (χ1v) is 6.56. The molecule has 0 radical (unpaired) electrons. The van der Waals surface area contributed by atoms with Gasteiger partial charge in [0.1, 0.15) is 0 Å². The summed E-state index contributed by atoms with van der Waals surface area (Å²) >= 11 is 1.84. The lowest BCUT2D eigenvalue weighted by Crippen LogP contribution is -2.29. The molecular formula is C14H12N2S. The molecule has 1 aliphatic heterocycles. The predicted octanol–water partition coefficient (Wildman–Crippen LogP) is 2.85. The summed E-state index contributed by atoms with van der Waals surface area (Å²) in [5.41, 5.74) is 3.35. The van der Waals surface area contributed by atoms with Gasteiger partial charge in [-0.25, -0.2) is 0 Å². The van der Waals surface area contributed by atoms with Gasteiger partial charge in [0.2, 0.25) is 0 Å². The summed E-state index contributed by atoms with van der Waals surface area (Å²) in [6.07, 6.45) is 1.12. The summed E-state index contributed by atoms with van der Waals surface area (Å²) in [7, 11) is 0. The van der Waals surface area contributed by atoms with Gasteiger partial charge in [-0.2, -0.15) is 5.26 Å². The molecule has 0 fully saturated rings. The number of nitriles is 1. The Morgan fingerprint density at radius 2 is 2.06 bits per heavy atom. The van der Waals surface area contributed by atoms with Crippen LogP contribution in [0.2, 0.25) is 0 Å². The average molecular weight is 240 g/mol. The van der Waals surface area contributed by atoms with Crippen molar-refractivity contribution in [1.29, 1.82) is 5.26 Å². The van der Waals surface area contributed by atoms with Gasteiger partial charge < -0.3 is 5.32 Å². The Bertz CT molecular complexity index is 563. The lowest BCUT2D eigenvalue weighted by molar-refractivity contribution is 0.575. The van der Waals surface area contributed by atoms with E-state index in [-0.39, 0.29) is 6.04 Å². The van der Waals surface area contributed by atoms with Crippen LogP contribution in [0.25, 0.3) is 0 Å². The van der Waals surface area contributed by atoms with E-state index in [1.165, 1.54) is 16.0 Å². The highest BCUT2D eigenvalue weighted by molar-refractivity contribution is 7.10. The summed E-state index contributed by atoms with van der Waals surface area (Å²) in [4.78, 5) is 1.48. The Morgan fingerprint density at radius 3 is 2.82 bits per heavy atom. The topological polar surface area (TPSA) is 35.8 Å². The van der Waals surface area contributed by atoms with E-state index in [4.69, 9.17) is 5.26 Å². The first kappa shape index (κ1) is 10.5. The number of rotatable bonds is 1. The van der Waals surface area contributed by atoms with Gasteiger partial charge >= 0.3 is 0 Å². The van der Waals surface area contributed by atoms with Crippen molar-refractivity contribution in [2.75, 3.05) is 6.54 Å². The first-order chi connectivity index (χ1) is 8.38. The molecule has 2 heterocycles. The SMILES string of the molecule is N#Cc1ccc(C2NCCc3sccc32)cc1. The van der Waals surface area contributed by atoms with Gasteiger partial charge in [0.25, 0.3) is 0 Å². The van der Waals surface area contributed by atoms with Crippen LogP contribution in [0.3, 0.4) is 0 Å². The van der Waals surface area contributed by atoms with E-state index in [9.17, 15) is 0 Å². The van der Waals surface area contributed by atoms with Gasteiger partial charge in [-0.05, 0) is 41.1 Å². The molecule has 17 heavy (non-hydrogen) atoms. The second-order valence-corrected chi connectivity index (χ2v) is 5.17. The zero-order valence-corrected chi connectivity index (χ0v) is 10.1. The Hall–Kier alpha value is -1.63. The molecule has 2 aromatic rings. The summed E-state index contributed by atoms with van der Waals surface area (Å²) in [5.74, 6) is 0. The van der Waals surface area contributed by atoms with E-state index < -0.39 is 0 Å². The molecule has 0 bridgehead atoms. The number of thiophene rings is 1. The van der Waals surface area contributed by atoms with Gasteiger partial charge in [0, 0.05) is 11.4 Å². The van der Waals surface area contributed by atoms with Crippen LogP contribution in [0.4, 0.5) is 0 Å². The van der Waals surface area contributed by atoms with Crippen molar-refractivity contribution < 1.29 is 0 Å². The van der Waals surface area contributed by atoms with Crippen LogP contribution in [0, 0.1) is 11.3 Å². The quantitative estimate of drug-likeness (QED) is 0.832. The highest BCUT2D eigenvalue weighted by atomic mass is 32.1. The molecule has 84 valence electrons. The molecule has 1 atom stereocenters. The Balaban J connectivity index is 1.98. The fourth-order valence-electron chi connectivity index (χ4n) is 2.30. The molecule has 1 aromatic heterocycles. The maximum atomic E-state index is 8.80. The van der Waals surface area contributed by atoms with Gasteiger partial charge in [0.15, 0.2) is 0 Å². The molecule has 2 nitrogen and oxygen atoms in total.